The molecule has 0 spiro atoms. The molecular formula is C17H22N4O2. The van der Waals surface area contributed by atoms with Crippen molar-refractivity contribution in [2.24, 2.45) is 0 Å². The molecule has 1 aliphatic carbocycles. The number of aromatic nitrogens is 3. The molecule has 0 saturated heterocycles. The Labute approximate surface area is 135 Å². The molecule has 0 aromatic carbocycles. The van der Waals surface area contributed by atoms with Crippen molar-refractivity contribution in [3.05, 3.63) is 42.4 Å². The first kappa shape index (κ1) is 15.5. The van der Waals surface area contributed by atoms with Crippen LogP contribution in [0.2, 0.25) is 0 Å². The Morgan fingerprint density at radius 3 is 3.00 bits per heavy atom. The maximum absolute atomic E-state index is 12.2. The van der Waals surface area contributed by atoms with E-state index >= 15 is 0 Å². The lowest BCUT2D eigenvalue weighted by molar-refractivity contribution is -0.124. The SMILES string of the molecule is C[C@@H](C(=O)NCc1ccnc(OC2CCCC2)c1)n1cccn1. The van der Waals surface area contributed by atoms with Gasteiger partial charge in [0.25, 0.3) is 0 Å². The lowest BCUT2D eigenvalue weighted by Crippen LogP contribution is -2.30. The van der Waals surface area contributed by atoms with Crippen molar-refractivity contribution in [3.63, 3.8) is 0 Å². The molecule has 6 nitrogen and oxygen atoms in total. The van der Waals surface area contributed by atoms with E-state index in [2.05, 4.69) is 15.4 Å². The third-order valence-electron chi connectivity index (χ3n) is 4.16. The van der Waals surface area contributed by atoms with Gasteiger partial charge in [-0.25, -0.2) is 4.98 Å². The van der Waals surface area contributed by atoms with Gasteiger partial charge in [-0.2, -0.15) is 5.10 Å². The number of nitrogens with zero attached hydrogens (tertiary/aromatic N) is 3. The molecule has 23 heavy (non-hydrogen) atoms. The maximum Gasteiger partial charge on any atom is 0.244 e. The van der Waals surface area contributed by atoms with Crippen molar-refractivity contribution in [2.75, 3.05) is 0 Å². The van der Waals surface area contributed by atoms with Crippen LogP contribution in [0.3, 0.4) is 0 Å². The number of nitrogens with one attached hydrogen (secondary N) is 1. The molecule has 122 valence electrons. The Kier molecular flexibility index (Phi) is 4.90. The van der Waals surface area contributed by atoms with Crippen LogP contribution in [-0.4, -0.2) is 26.8 Å². The zero-order chi connectivity index (χ0) is 16.1. The largest absolute Gasteiger partial charge is 0.474 e. The molecule has 0 bridgehead atoms. The zero-order valence-electron chi connectivity index (χ0n) is 13.3. The number of pyridine rings is 1. The Bertz CT molecular complexity index is 636. The van der Waals surface area contributed by atoms with E-state index in [1.807, 2.05) is 19.1 Å². The van der Waals surface area contributed by atoms with Crippen molar-refractivity contribution >= 4 is 5.91 Å². The highest BCUT2D eigenvalue weighted by Gasteiger charge is 2.17. The number of rotatable bonds is 6. The topological polar surface area (TPSA) is 69.0 Å². The fraction of sp³-hybridized carbons (Fsp3) is 0.471. The number of carbonyl (C=O) groups is 1. The molecule has 1 atom stereocenters. The average Bonchev–Trinajstić information content (AvgIpc) is 3.25. The first-order valence-corrected chi connectivity index (χ1v) is 8.11. The number of carbonyl (C=O) groups excluding carboxylic acids is 1. The van der Waals surface area contributed by atoms with Crippen molar-refractivity contribution < 1.29 is 9.53 Å². The normalized spacial score (nSPS) is 16.2. The molecule has 1 aliphatic rings. The summed E-state index contributed by atoms with van der Waals surface area (Å²) in [5.74, 6) is 0.576. The van der Waals surface area contributed by atoms with Gasteiger partial charge in [-0.15, -0.1) is 0 Å². The molecule has 1 N–H and O–H groups in total. The van der Waals surface area contributed by atoms with Gasteiger partial charge in [-0.3, -0.25) is 9.48 Å². The zero-order valence-corrected chi connectivity index (χ0v) is 13.3. The van der Waals surface area contributed by atoms with Crippen LogP contribution in [0.1, 0.15) is 44.2 Å². The van der Waals surface area contributed by atoms with E-state index in [9.17, 15) is 4.79 Å². The van der Waals surface area contributed by atoms with Crippen molar-refractivity contribution in [1.82, 2.24) is 20.1 Å². The molecule has 0 radical (unpaired) electrons. The van der Waals surface area contributed by atoms with E-state index in [0.717, 1.165) is 18.4 Å². The minimum atomic E-state index is -0.332. The van der Waals surface area contributed by atoms with Crippen LogP contribution in [0.15, 0.2) is 36.8 Å². The summed E-state index contributed by atoms with van der Waals surface area (Å²) in [5.41, 5.74) is 0.981. The summed E-state index contributed by atoms with van der Waals surface area (Å²) in [6.07, 6.45) is 10.1. The van der Waals surface area contributed by atoms with Gasteiger partial charge in [0.15, 0.2) is 0 Å². The van der Waals surface area contributed by atoms with Crippen LogP contribution in [0.5, 0.6) is 5.88 Å². The molecule has 2 aromatic rings. The van der Waals surface area contributed by atoms with E-state index in [4.69, 9.17) is 4.74 Å². The molecule has 1 fully saturated rings. The van der Waals surface area contributed by atoms with Gasteiger partial charge in [0.2, 0.25) is 11.8 Å². The molecule has 0 unspecified atom stereocenters. The minimum absolute atomic E-state index is 0.0660. The van der Waals surface area contributed by atoms with Gasteiger partial charge in [0, 0.05) is 31.2 Å². The minimum Gasteiger partial charge on any atom is -0.474 e. The lowest BCUT2D eigenvalue weighted by Gasteiger charge is -2.14. The third-order valence-corrected chi connectivity index (χ3v) is 4.16. The quantitative estimate of drug-likeness (QED) is 0.889. The van der Waals surface area contributed by atoms with Crippen molar-refractivity contribution in [1.29, 1.82) is 0 Å². The first-order valence-electron chi connectivity index (χ1n) is 8.11. The lowest BCUT2D eigenvalue weighted by atomic mass is 10.2. The number of ether oxygens (including phenoxy) is 1. The van der Waals surface area contributed by atoms with Crippen LogP contribution in [-0.2, 0) is 11.3 Å². The van der Waals surface area contributed by atoms with Gasteiger partial charge >= 0.3 is 0 Å². The fourth-order valence-corrected chi connectivity index (χ4v) is 2.77. The highest BCUT2D eigenvalue weighted by Crippen LogP contribution is 2.23. The van der Waals surface area contributed by atoms with Gasteiger partial charge in [0.1, 0.15) is 12.1 Å². The Morgan fingerprint density at radius 1 is 1.43 bits per heavy atom. The highest BCUT2D eigenvalue weighted by molar-refractivity contribution is 5.79. The van der Waals surface area contributed by atoms with Crippen LogP contribution in [0.4, 0.5) is 0 Å². The standard InChI is InChI=1S/C17H22N4O2/c1-13(21-10-4-8-20-21)17(22)19-12-14-7-9-18-16(11-14)23-15-5-2-3-6-15/h4,7-11,13,15H,2-3,5-6,12H2,1H3,(H,19,22)/t13-/m0/s1. The van der Waals surface area contributed by atoms with Gasteiger partial charge in [-0.05, 0) is 50.3 Å². The Hall–Kier alpha value is -2.37. The molecule has 2 heterocycles. The third kappa shape index (κ3) is 4.09. The number of hydrogen-bond donors (Lipinski definition) is 1. The van der Waals surface area contributed by atoms with Crippen molar-refractivity contribution in [2.45, 2.75) is 51.3 Å². The van der Waals surface area contributed by atoms with Crippen LogP contribution in [0, 0.1) is 0 Å². The van der Waals surface area contributed by atoms with E-state index in [1.165, 1.54) is 12.8 Å². The monoisotopic (exact) mass is 314 g/mol. The summed E-state index contributed by atoms with van der Waals surface area (Å²) in [6.45, 7) is 2.28. The number of amides is 1. The van der Waals surface area contributed by atoms with E-state index in [1.54, 1.807) is 29.3 Å². The second-order valence-corrected chi connectivity index (χ2v) is 5.91. The molecule has 1 saturated carbocycles. The van der Waals surface area contributed by atoms with E-state index in [0.29, 0.717) is 12.4 Å². The number of hydrogen-bond acceptors (Lipinski definition) is 4. The second kappa shape index (κ2) is 7.26. The summed E-state index contributed by atoms with van der Waals surface area (Å²) < 4.78 is 7.53. The highest BCUT2D eigenvalue weighted by atomic mass is 16.5. The summed E-state index contributed by atoms with van der Waals surface area (Å²) in [4.78, 5) is 16.4. The molecule has 0 aliphatic heterocycles. The first-order chi connectivity index (χ1) is 11.2. The van der Waals surface area contributed by atoms with E-state index in [-0.39, 0.29) is 18.1 Å². The smallest absolute Gasteiger partial charge is 0.244 e. The van der Waals surface area contributed by atoms with Crippen LogP contribution >= 0.6 is 0 Å². The summed E-state index contributed by atoms with van der Waals surface area (Å²) in [5, 5.41) is 7.01. The van der Waals surface area contributed by atoms with Gasteiger partial charge in [-0.1, -0.05) is 0 Å². The Morgan fingerprint density at radius 2 is 2.26 bits per heavy atom. The second-order valence-electron chi connectivity index (χ2n) is 5.91. The fourth-order valence-electron chi connectivity index (χ4n) is 2.77. The summed E-state index contributed by atoms with van der Waals surface area (Å²) in [6, 6.07) is 5.26. The van der Waals surface area contributed by atoms with Gasteiger partial charge in [0.05, 0.1) is 0 Å². The van der Waals surface area contributed by atoms with Crippen molar-refractivity contribution in [3.8, 4) is 5.88 Å². The van der Waals surface area contributed by atoms with Gasteiger partial charge < -0.3 is 10.1 Å². The van der Waals surface area contributed by atoms with Crippen LogP contribution in [0.25, 0.3) is 0 Å². The van der Waals surface area contributed by atoms with Crippen LogP contribution < -0.4 is 10.1 Å². The summed E-state index contributed by atoms with van der Waals surface area (Å²) >= 11 is 0. The molecule has 6 heteroatoms. The molecule has 2 aromatic heterocycles. The Balaban J connectivity index is 1.54. The average molecular weight is 314 g/mol. The molecular weight excluding hydrogens is 292 g/mol. The molecule has 1 amide bonds. The maximum atomic E-state index is 12.2. The predicted molar refractivity (Wildman–Crippen MR) is 85.9 cm³/mol. The molecule has 3 rings (SSSR count). The summed E-state index contributed by atoms with van der Waals surface area (Å²) in [7, 11) is 0. The predicted octanol–water partition coefficient (Wildman–Crippen LogP) is 2.48. The van der Waals surface area contributed by atoms with E-state index < -0.39 is 0 Å².